The van der Waals surface area contributed by atoms with Gasteiger partial charge >= 0.3 is 6.18 Å². The summed E-state index contributed by atoms with van der Waals surface area (Å²) in [4.78, 5) is 1.88. The molecule has 1 saturated heterocycles. The van der Waals surface area contributed by atoms with Crippen molar-refractivity contribution < 1.29 is 23.0 Å². The summed E-state index contributed by atoms with van der Waals surface area (Å²) in [5.74, 6) is 0. The lowest BCUT2D eigenvalue weighted by Crippen LogP contribution is -2.26. The van der Waals surface area contributed by atoms with E-state index in [0.717, 1.165) is 12.5 Å². The third kappa shape index (κ3) is 3.39. The van der Waals surface area contributed by atoms with Crippen molar-refractivity contribution in [1.82, 2.24) is 0 Å². The van der Waals surface area contributed by atoms with Gasteiger partial charge in [0.1, 0.15) is 0 Å². The molecule has 1 aromatic carbocycles. The summed E-state index contributed by atoms with van der Waals surface area (Å²) in [6, 6.07) is 4.06. The highest BCUT2D eigenvalue weighted by atomic mass is 19.4. The van der Waals surface area contributed by atoms with Crippen molar-refractivity contribution in [3.8, 4) is 0 Å². The van der Waals surface area contributed by atoms with Gasteiger partial charge < -0.3 is 14.7 Å². The molecule has 0 amide bonds. The third-order valence-electron chi connectivity index (χ3n) is 3.16. The normalized spacial score (nSPS) is 17.4. The van der Waals surface area contributed by atoms with Gasteiger partial charge in [0, 0.05) is 25.4 Å². The van der Waals surface area contributed by atoms with Gasteiger partial charge in [-0.2, -0.15) is 13.2 Å². The van der Waals surface area contributed by atoms with Crippen LogP contribution in [0.15, 0.2) is 18.2 Å². The number of benzene rings is 1. The molecule has 106 valence electrons. The van der Waals surface area contributed by atoms with Crippen LogP contribution in [0.3, 0.4) is 0 Å². The number of anilines is 1. The zero-order valence-electron chi connectivity index (χ0n) is 10.4. The standard InChI is InChI=1S/C13H16F3NO2/c14-13(15,16)12-8-11(3-2-10(12)9-18)17-4-1-6-19-7-5-17/h2-3,8,18H,1,4-7,9H2. The first-order valence-electron chi connectivity index (χ1n) is 6.16. The molecule has 1 N–H and O–H groups in total. The Kier molecular flexibility index (Phi) is 4.31. The van der Waals surface area contributed by atoms with Crippen LogP contribution in [0.2, 0.25) is 0 Å². The van der Waals surface area contributed by atoms with Crippen molar-refractivity contribution in [3.63, 3.8) is 0 Å². The van der Waals surface area contributed by atoms with E-state index in [1.54, 1.807) is 6.07 Å². The molecule has 0 saturated carbocycles. The Hall–Kier alpha value is -1.27. The number of alkyl halides is 3. The summed E-state index contributed by atoms with van der Waals surface area (Å²) < 4.78 is 44.0. The lowest BCUT2D eigenvalue weighted by Gasteiger charge is -2.24. The van der Waals surface area contributed by atoms with Crippen molar-refractivity contribution in [3.05, 3.63) is 29.3 Å². The zero-order valence-corrected chi connectivity index (χ0v) is 10.4. The van der Waals surface area contributed by atoms with Crippen LogP contribution >= 0.6 is 0 Å². The molecular formula is C13H16F3NO2. The van der Waals surface area contributed by atoms with Crippen molar-refractivity contribution in [1.29, 1.82) is 0 Å². The van der Waals surface area contributed by atoms with Gasteiger partial charge in [0.15, 0.2) is 0 Å². The molecule has 0 bridgehead atoms. The van der Waals surface area contributed by atoms with E-state index in [2.05, 4.69) is 0 Å². The Morgan fingerprint density at radius 1 is 1.21 bits per heavy atom. The molecular weight excluding hydrogens is 259 g/mol. The molecule has 1 aromatic rings. The topological polar surface area (TPSA) is 32.7 Å². The van der Waals surface area contributed by atoms with E-state index < -0.39 is 18.3 Å². The highest BCUT2D eigenvalue weighted by Crippen LogP contribution is 2.34. The Balaban J connectivity index is 2.31. The second-order valence-corrected chi connectivity index (χ2v) is 4.45. The van der Waals surface area contributed by atoms with Gasteiger partial charge in [0.25, 0.3) is 0 Å². The molecule has 0 spiro atoms. The highest BCUT2D eigenvalue weighted by molar-refractivity contribution is 5.52. The Morgan fingerprint density at radius 3 is 2.68 bits per heavy atom. The number of rotatable bonds is 2. The van der Waals surface area contributed by atoms with E-state index in [4.69, 9.17) is 9.84 Å². The Morgan fingerprint density at radius 2 is 2.00 bits per heavy atom. The molecule has 1 aliphatic heterocycles. The van der Waals surface area contributed by atoms with Crippen LogP contribution in [0.5, 0.6) is 0 Å². The van der Waals surface area contributed by atoms with Gasteiger partial charge in [-0.05, 0) is 24.1 Å². The van der Waals surface area contributed by atoms with Gasteiger partial charge in [0.05, 0.1) is 18.8 Å². The van der Waals surface area contributed by atoms with Crippen LogP contribution in [-0.4, -0.2) is 31.4 Å². The molecule has 0 aromatic heterocycles. The van der Waals surface area contributed by atoms with Crippen molar-refractivity contribution in [2.45, 2.75) is 19.2 Å². The predicted molar refractivity (Wildman–Crippen MR) is 65.0 cm³/mol. The molecule has 2 rings (SSSR count). The van der Waals surface area contributed by atoms with E-state index in [1.807, 2.05) is 4.90 Å². The lowest BCUT2D eigenvalue weighted by molar-refractivity contribution is -0.138. The summed E-state index contributed by atoms with van der Waals surface area (Å²) in [6.45, 7) is 1.80. The van der Waals surface area contributed by atoms with Crippen LogP contribution in [0.25, 0.3) is 0 Å². The SMILES string of the molecule is OCc1ccc(N2CCCOCC2)cc1C(F)(F)F. The molecule has 1 heterocycles. The van der Waals surface area contributed by atoms with Crippen LogP contribution < -0.4 is 4.90 Å². The van der Waals surface area contributed by atoms with Crippen molar-refractivity contribution >= 4 is 5.69 Å². The first-order chi connectivity index (χ1) is 9.02. The minimum Gasteiger partial charge on any atom is -0.392 e. The summed E-state index contributed by atoms with van der Waals surface area (Å²) in [5.41, 5.74) is -0.338. The number of halogens is 3. The monoisotopic (exact) mass is 275 g/mol. The number of aliphatic hydroxyl groups excluding tert-OH is 1. The highest BCUT2D eigenvalue weighted by Gasteiger charge is 2.33. The van der Waals surface area contributed by atoms with E-state index in [1.165, 1.54) is 6.07 Å². The fraction of sp³-hybridized carbons (Fsp3) is 0.538. The number of aliphatic hydroxyl groups is 1. The second kappa shape index (κ2) is 5.79. The van der Waals surface area contributed by atoms with Gasteiger partial charge in [-0.1, -0.05) is 6.07 Å². The van der Waals surface area contributed by atoms with Crippen LogP contribution in [0.1, 0.15) is 17.5 Å². The quantitative estimate of drug-likeness (QED) is 0.899. The first-order valence-corrected chi connectivity index (χ1v) is 6.16. The van der Waals surface area contributed by atoms with Gasteiger partial charge in [-0.25, -0.2) is 0 Å². The average Bonchev–Trinajstić information content (AvgIpc) is 2.66. The Labute approximate surface area is 109 Å². The van der Waals surface area contributed by atoms with Crippen LogP contribution in [0.4, 0.5) is 18.9 Å². The molecule has 6 heteroatoms. The lowest BCUT2D eigenvalue weighted by atomic mass is 10.1. The minimum absolute atomic E-state index is 0.0951. The maximum Gasteiger partial charge on any atom is 0.416 e. The summed E-state index contributed by atoms with van der Waals surface area (Å²) in [7, 11) is 0. The molecule has 0 unspecified atom stereocenters. The second-order valence-electron chi connectivity index (χ2n) is 4.45. The maximum atomic E-state index is 12.9. The largest absolute Gasteiger partial charge is 0.416 e. The number of hydrogen-bond donors (Lipinski definition) is 1. The van der Waals surface area contributed by atoms with E-state index in [-0.39, 0.29) is 5.56 Å². The van der Waals surface area contributed by atoms with Gasteiger partial charge in [-0.3, -0.25) is 0 Å². The van der Waals surface area contributed by atoms with Crippen molar-refractivity contribution in [2.24, 2.45) is 0 Å². The van der Waals surface area contributed by atoms with Crippen molar-refractivity contribution in [2.75, 3.05) is 31.2 Å². The first kappa shape index (κ1) is 14.1. The summed E-state index contributed by atoms with van der Waals surface area (Å²) >= 11 is 0. The molecule has 19 heavy (non-hydrogen) atoms. The fourth-order valence-electron chi connectivity index (χ4n) is 2.17. The fourth-order valence-corrected chi connectivity index (χ4v) is 2.17. The molecule has 0 aliphatic carbocycles. The molecule has 1 fully saturated rings. The summed E-state index contributed by atoms with van der Waals surface area (Å²) in [6.07, 6.45) is -3.65. The van der Waals surface area contributed by atoms with E-state index in [9.17, 15) is 13.2 Å². The number of ether oxygens (including phenoxy) is 1. The summed E-state index contributed by atoms with van der Waals surface area (Å²) in [5, 5.41) is 8.99. The average molecular weight is 275 g/mol. The van der Waals surface area contributed by atoms with Gasteiger partial charge in [0.2, 0.25) is 0 Å². The van der Waals surface area contributed by atoms with E-state index in [0.29, 0.717) is 32.0 Å². The molecule has 0 atom stereocenters. The molecule has 3 nitrogen and oxygen atoms in total. The molecule has 0 radical (unpaired) electrons. The predicted octanol–water partition coefficient (Wildman–Crippen LogP) is 2.42. The van der Waals surface area contributed by atoms with Crippen LogP contribution in [-0.2, 0) is 17.5 Å². The number of nitrogens with zero attached hydrogens (tertiary/aromatic N) is 1. The molecule has 1 aliphatic rings. The van der Waals surface area contributed by atoms with Crippen LogP contribution in [0, 0.1) is 0 Å². The van der Waals surface area contributed by atoms with E-state index >= 15 is 0 Å². The smallest absolute Gasteiger partial charge is 0.392 e. The minimum atomic E-state index is -4.45. The zero-order chi connectivity index (χ0) is 13.9. The number of hydrogen-bond acceptors (Lipinski definition) is 3. The maximum absolute atomic E-state index is 12.9. The van der Waals surface area contributed by atoms with Gasteiger partial charge in [-0.15, -0.1) is 0 Å². The Bertz CT molecular complexity index is 426. The third-order valence-corrected chi connectivity index (χ3v) is 3.16.